The Balaban J connectivity index is 2.23. The fraction of sp³-hybridized carbons (Fsp3) is 1.00. The highest BCUT2D eigenvalue weighted by Gasteiger charge is 2.30. The van der Waals surface area contributed by atoms with Gasteiger partial charge in [-0.15, -0.1) is 0 Å². The summed E-state index contributed by atoms with van der Waals surface area (Å²) in [5.41, 5.74) is 0. The van der Waals surface area contributed by atoms with Crippen molar-refractivity contribution in [2.75, 3.05) is 33.4 Å². The van der Waals surface area contributed by atoms with E-state index in [1.807, 2.05) is 0 Å². The van der Waals surface area contributed by atoms with Crippen LogP contribution in [0.15, 0.2) is 0 Å². The third-order valence-electron chi connectivity index (χ3n) is 2.57. The highest BCUT2D eigenvalue weighted by Crippen LogP contribution is 2.22. The van der Waals surface area contributed by atoms with Crippen LogP contribution in [-0.4, -0.2) is 44.4 Å². The largest absolute Gasteiger partial charge is 0.383 e. The number of halogens is 1. The molecule has 0 unspecified atom stereocenters. The Hall–Kier alpha value is -0.150. The summed E-state index contributed by atoms with van der Waals surface area (Å²) in [6.07, 6.45) is 0.330. The number of hydrogen-bond acceptors (Lipinski definition) is 2. The summed E-state index contributed by atoms with van der Waals surface area (Å²) in [6.45, 7) is 5.14. The Bertz CT molecular complexity index is 132. The molecule has 0 aromatic carbocycles. The summed E-state index contributed by atoms with van der Waals surface area (Å²) in [4.78, 5) is 2.14. The molecule has 2 atom stereocenters. The molecule has 3 heteroatoms. The lowest BCUT2D eigenvalue weighted by Crippen LogP contribution is -2.25. The van der Waals surface area contributed by atoms with Crippen molar-refractivity contribution in [1.29, 1.82) is 0 Å². The smallest absolute Gasteiger partial charge is 0.117 e. The zero-order chi connectivity index (χ0) is 8.97. The van der Waals surface area contributed by atoms with Crippen molar-refractivity contribution in [3.8, 4) is 0 Å². The van der Waals surface area contributed by atoms with Gasteiger partial charge >= 0.3 is 0 Å². The third-order valence-corrected chi connectivity index (χ3v) is 2.57. The molecule has 0 N–H and O–H groups in total. The maximum atomic E-state index is 13.2. The van der Waals surface area contributed by atoms with Crippen molar-refractivity contribution in [3.63, 3.8) is 0 Å². The Morgan fingerprint density at radius 2 is 2.25 bits per heavy atom. The van der Waals surface area contributed by atoms with Crippen molar-refractivity contribution < 1.29 is 9.13 Å². The van der Waals surface area contributed by atoms with Crippen molar-refractivity contribution >= 4 is 0 Å². The molecule has 0 bridgehead atoms. The van der Waals surface area contributed by atoms with Crippen LogP contribution in [0.5, 0.6) is 0 Å². The van der Waals surface area contributed by atoms with Gasteiger partial charge in [-0.3, -0.25) is 4.90 Å². The van der Waals surface area contributed by atoms with Crippen LogP contribution in [0.1, 0.15) is 13.3 Å². The molecular weight excluding hydrogens is 157 g/mol. The van der Waals surface area contributed by atoms with Crippen molar-refractivity contribution in [2.24, 2.45) is 5.92 Å². The molecule has 1 rings (SSSR count). The molecule has 1 aliphatic rings. The van der Waals surface area contributed by atoms with E-state index in [1.54, 1.807) is 7.11 Å². The first-order valence-corrected chi connectivity index (χ1v) is 4.63. The minimum Gasteiger partial charge on any atom is -0.383 e. The van der Waals surface area contributed by atoms with Gasteiger partial charge in [0.05, 0.1) is 6.61 Å². The average molecular weight is 175 g/mol. The molecular formula is C9H18FNO. The molecule has 0 aliphatic carbocycles. The van der Waals surface area contributed by atoms with Gasteiger partial charge in [-0.1, -0.05) is 6.92 Å². The van der Waals surface area contributed by atoms with Crippen LogP contribution in [0, 0.1) is 5.92 Å². The van der Waals surface area contributed by atoms with Gasteiger partial charge in [-0.2, -0.15) is 0 Å². The van der Waals surface area contributed by atoms with Gasteiger partial charge in [0.2, 0.25) is 0 Å². The van der Waals surface area contributed by atoms with E-state index < -0.39 is 6.17 Å². The SMILES string of the molecule is CC[C@@H]1CN(CCOC)C[C@@H]1F. The first-order valence-electron chi connectivity index (χ1n) is 4.63. The standard InChI is InChI=1S/C9H18FNO/c1-3-8-6-11(4-5-12-2)7-9(8)10/h8-9H,3-7H2,1-2H3/t8-,9+/m1/s1. The number of ether oxygens (including phenoxy) is 1. The second kappa shape index (κ2) is 4.77. The van der Waals surface area contributed by atoms with E-state index in [2.05, 4.69) is 11.8 Å². The number of nitrogens with zero attached hydrogens (tertiary/aromatic N) is 1. The molecule has 0 amide bonds. The molecule has 1 fully saturated rings. The van der Waals surface area contributed by atoms with Gasteiger partial charge in [-0.05, 0) is 6.42 Å². The Morgan fingerprint density at radius 1 is 1.50 bits per heavy atom. The number of alkyl halides is 1. The fourth-order valence-corrected chi connectivity index (χ4v) is 1.70. The lowest BCUT2D eigenvalue weighted by molar-refractivity contribution is 0.156. The zero-order valence-corrected chi connectivity index (χ0v) is 7.92. The Labute approximate surface area is 73.7 Å². The zero-order valence-electron chi connectivity index (χ0n) is 7.92. The monoisotopic (exact) mass is 175 g/mol. The van der Waals surface area contributed by atoms with Crippen molar-refractivity contribution in [1.82, 2.24) is 4.90 Å². The van der Waals surface area contributed by atoms with E-state index in [0.29, 0.717) is 13.2 Å². The second-order valence-corrected chi connectivity index (χ2v) is 3.44. The molecule has 1 saturated heterocycles. The van der Waals surface area contributed by atoms with Crippen molar-refractivity contribution in [2.45, 2.75) is 19.5 Å². The van der Waals surface area contributed by atoms with E-state index >= 15 is 0 Å². The van der Waals surface area contributed by atoms with E-state index in [1.165, 1.54) is 0 Å². The molecule has 72 valence electrons. The van der Waals surface area contributed by atoms with Gasteiger partial charge in [-0.25, -0.2) is 4.39 Å². The predicted molar refractivity (Wildman–Crippen MR) is 47.0 cm³/mol. The fourth-order valence-electron chi connectivity index (χ4n) is 1.70. The Morgan fingerprint density at radius 3 is 2.75 bits per heavy atom. The van der Waals surface area contributed by atoms with Gasteiger partial charge in [0.15, 0.2) is 0 Å². The minimum atomic E-state index is -0.619. The van der Waals surface area contributed by atoms with Gasteiger partial charge < -0.3 is 4.74 Å². The summed E-state index contributed by atoms with van der Waals surface area (Å²) in [7, 11) is 1.68. The quantitative estimate of drug-likeness (QED) is 0.639. The van der Waals surface area contributed by atoms with E-state index in [4.69, 9.17) is 4.74 Å². The molecule has 1 heterocycles. The third kappa shape index (κ3) is 2.42. The lowest BCUT2D eigenvalue weighted by Gasteiger charge is -2.13. The maximum Gasteiger partial charge on any atom is 0.117 e. The van der Waals surface area contributed by atoms with Crippen LogP contribution >= 0.6 is 0 Å². The number of rotatable bonds is 4. The minimum absolute atomic E-state index is 0.252. The summed E-state index contributed by atoms with van der Waals surface area (Å²) in [5, 5.41) is 0. The first kappa shape index (κ1) is 9.93. The van der Waals surface area contributed by atoms with Crippen LogP contribution in [0.4, 0.5) is 4.39 Å². The molecule has 1 aliphatic heterocycles. The summed E-state index contributed by atoms with van der Waals surface area (Å²) >= 11 is 0. The highest BCUT2D eigenvalue weighted by molar-refractivity contribution is 4.82. The first-order chi connectivity index (χ1) is 5.77. The van der Waals surface area contributed by atoms with Crippen molar-refractivity contribution in [3.05, 3.63) is 0 Å². The molecule has 12 heavy (non-hydrogen) atoms. The summed E-state index contributed by atoms with van der Waals surface area (Å²) in [6, 6.07) is 0. The predicted octanol–water partition coefficient (Wildman–Crippen LogP) is 1.31. The van der Waals surface area contributed by atoms with Crippen LogP contribution in [-0.2, 0) is 4.74 Å². The summed E-state index contributed by atoms with van der Waals surface area (Å²) < 4.78 is 18.1. The topological polar surface area (TPSA) is 12.5 Å². The second-order valence-electron chi connectivity index (χ2n) is 3.44. The van der Waals surface area contributed by atoms with Gasteiger partial charge in [0, 0.05) is 32.7 Å². The van der Waals surface area contributed by atoms with E-state index in [0.717, 1.165) is 19.5 Å². The molecule has 0 saturated carbocycles. The molecule has 0 aromatic heterocycles. The molecule has 0 radical (unpaired) electrons. The molecule has 0 aromatic rings. The van der Waals surface area contributed by atoms with E-state index in [9.17, 15) is 4.39 Å². The number of methoxy groups -OCH3 is 1. The molecule has 0 spiro atoms. The van der Waals surface area contributed by atoms with E-state index in [-0.39, 0.29) is 5.92 Å². The van der Waals surface area contributed by atoms with Crippen LogP contribution < -0.4 is 0 Å². The Kier molecular flexibility index (Phi) is 3.95. The van der Waals surface area contributed by atoms with Gasteiger partial charge in [0.25, 0.3) is 0 Å². The van der Waals surface area contributed by atoms with Crippen LogP contribution in [0.3, 0.4) is 0 Å². The maximum absolute atomic E-state index is 13.2. The van der Waals surface area contributed by atoms with Crippen LogP contribution in [0.2, 0.25) is 0 Å². The average Bonchev–Trinajstić information content (AvgIpc) is 2.43. The van der Waals surface area contributed by atoms with Crippen LogP contribution in [0.25, 0.3) is 0 Å². The highest BCUT2D eigenvalue weighted by atomic mass is 19.1. The lowest BCUT2D eigenvalue weighted by atomic mass is 10.1. The number of hydrogen-bond donors (Lipinski definition) is 0. The van der Waals surface area contributed by atoms with Gasteiger partial charge in [0.1, 0.15) is 6.17 Å². The normalized spacial score (nSPS) is 31.2. The number of likely N-dealkylation sites (tertiary alicyclic amines) is 1. The molecule has 2 nitrogen and oxygen atoms in total. The summed E-state index contributed by atoms with van der Waals surface area (Å²) in [5.74, 6) is 0.252.